The summed E-state index contributed by atoms with van der Waals surface area (Å²) in [7, 11) is 2.18. The van der Waals surface area contributed by atoms with Gasteiger partial charge in [-0.15, -0.1) is 0 Å². The number of rotatable bonds is 8. The van der Waals surface area contributed by atoms with Crippen molar-refractivity contribution >= 4 is 0 Å². The first-order valence-electron chi connectivity index (χ1n) is 11.9. The average molecular weight is 431 g/mol. The van der Waals surface area contributed by atoms with E-state index in [1.165, 1.54) is 33.8 Å². The number of unbranched alkanes of at least 4 members (excludes halogenated alkanes) is 1. The van der Waals surface area contributed by atoms with Crippen LogP contribution in [-0.2, 0) is 0 Å². The van der Waals surface area contributed by atoms with Crippen molar-refractivity contribution in [1.82, 2.24) is 9.80 Å². The van der Waals surface area contributed by atoms with Crippen molar-refractivity contribution in [2.24, 2.45) is 0 Å². The van der Waals surface area contributed by atoms with Crippen molar-refractivity contribution in [3.63, 3.8) is 0 Å². The molecule has 1 aliphatic heterocycles. The van der Waals surface area contributed by atoms with Crippen LogP contribution in [0.5, 0.6) is 0 Å². The minimum Gasteiger partial charge on any atom is -0.396 e. The zero-order valence-corrected chi connectivity index (χ0v) is 20.0. The Balaban J connectivity index is 1.98. The second-order valence-corrected chi connectivity index (χ2v) is 8.36. The van der Waals surface area contributed by atoms with E-state index >= 15 is 0 Å². The summed E-state index contributed by atoms with van der Waals surface area (Å²) in [6, 6.07) is 0. The number of aliphatic hydroxyl groups excluding tert-OH is 1. The minimum absolute atomic E-state index is 0.243. The standard InChI is InChI=1S/C29H38N2O/c1-5-28(24-15-10-8-7-9-11-16-24)30(4)26-18-14-19-29-27(22-26)25(17-12-13-20-32)21-23(3)31(29)6-2/h5,7-8,11,14-16,19,21-22,32H,3,6,9-10,12-13,17-18,20H2,1-2,4H3/b8-7-,16-11-,24-15+,28-5+. The third-order valence-electron chi connectivity index (χ3n) is 6.26. The lowest BCUT2D eigenvalue weighted by molar-refractivity contribution is 0.284. The van der Waals surface area contributed by atoms with Gasteiger partial charge in [0.25, 0.3) is 0 Å². The van der Waals surface area contributed by atoms with Crippen LogP contribution >= 0.6 is 0 Å². The van der Waals surface area contributed by atoms with E-state index < -0.39 is 0 Å². The molecule has 1 heterocycles. The molecule has 3 aliphatic rings. The SMILES string of the molecule is C=C1C=C(CCCCO)C2=C(C=CCC(N(C)C(=C/C)/C3=C/C/C=C\C/C=C\3)=C2)N1CC. The average Bonchev–Trinajstić information content (AvgIpc) is 2.99. The third kappa shape index (κ3) is 5.52. The van der Waals surface area contributed by atoms with E-state index in [-0.39, 0.29) is 6.61 Å². The molecule has 0 aromatic carbocycles. The maximum atomic E-state index is 9.26. The molecule has 0 bridgehead atoms. The number of hydrogen-bond donors (Lipinski definition) is 1. The number of nitrogens with zero attached hydrogens (tertiary/aromatic N) is 2. The second-order valence-electron chi connectivity index (χ2n) is 8.36. The summed E-state index contributed by atoms with van der Waals surface area (Å²) in [5.41, 5.74) is 8.67. The van der Waals surface area contributed by atoms with Gasteiger partial charge >= 0.3 is 0 Å². The predicted molar refractivity (Wildman–Crippen MR) is 137 cm³/mol. The lowest BCUT2D eigenvalue weighted by atomic mass is 9.92. The fourth-order valence-electron chi connectivity index (χ4n) is 4.55. The predicted octanol–water partition coefficient (Wildman–Crippen LogP) is 6.69. The molecule has 3 rings (SSSR count). The number of likely N-dealkylation sites (N-methyl/N-ethyl adjacent to an activating group) is 2. The summed E-state index contributed by atoms with van der Waals surface area (Å²) in [6.45, 7) is 9.75. The Morgan fingerprint density at radius 1 is 1.12 bits per heavy atom. The summed E-state index contributed by atoms with van der Waals surface area (Å²) in [4.78, 5) is 4.64. The molecule has 2 aliphatic carbocycles. The van der Waals surface area contributed by atoms with Crippen LogP contribution in [0.3, 0.4) is 0 Å². The van der Waals surface area contributed by atoms with Gasteiger partial charge in [-0.1, -0.05) is 49.1 Å². The summed E-state index contributed by atoms with van der Waals surface area (Å²) >= 11 is 0. The molecule has 0 aromatic rings. The van der Waals surface area contributed by atoms with Crippen LogP contribution in [0, 0.1) is 0 Å². The van der Waals surface area contributed by atoms with Crippen LogP contribution in [0.15, 0.2) is 107 Å². The van der Waals surface area contributed by atoms with Gasteiger partial charge in [0.2, 0.25) is 0 Å². The van der Waals surface area contributed by atoms with Gasteiger partial charge in [0, 0.05) is 55.0 Å². The molecule has 32 heavy (non-hydrogen) atoms. The van der Waals surface area contributed by atoms with Gasteiger partial charge in [0.05, 0.1) is 0 Å². The molecule has 0 unspecified atom stereocenters. The van der Waals surface area contributed by atoms with E-state index in [0.29, 0.717) is 0 Å². The van der Waals surface area contributed by atoms with Crippen LogP contribution < -0.4 is 0 Å². The normalized spacial score (nSPS) is 22.8. The first-order valence-corrected chi connectivity index (χ1v) is 11.9. The molecule has 0 spiro atoms. The molecular formula is C29H38N2O. The first kappa shape index (κ1) is 23.9. The molecular weight excluding hydrogens is 392 g/mol. The van der Waals surface area contributed by atoms with Crippen molar-refractivity contribution < 1.29 is 5.11 Å². The molecule has 1 N–H and O–H groups in total. The molecule has 0 aromatic heterocycles. The molecule has 3 heteroatoms. The highest BCUT2D eigenvalue weighted by Crippen LogP contribution is 2.36. The van der Waals surface area contributed by atoms with Crippen molar-refractivity contribution in [2.45, 2.75) is 52.4 Å². The fraction of sp³-hybridized carbons (Fsp3) is 0.379. The minimum atomic E-state index is 0.243. The highest BCUT2D eigenvalue weighted by molar-refractivity contribution is 5.56. The van der Waals surface area contributed by atoms with Gasteiger partial charge in [0.15, 0.2) is 0 Å². The third-order valence-corrected chi connectivity index (χ3v) is 6.26. The Morgan fingerprint density at radius 2 is 1.94 bits per heavy atom. The zero-order valence-electron chi connectivity index (χ0n) is 20.0. The van der Waals surface area contributed by atoms with Crippen LogP contribution in [0.2, 0.25) is 0 Å². The van der Waals surface area contributed by atoms with Gasteiger partial charge in [0.1, 0.15) is 0 Å². The van der Waals surface area contributed by atoms with Crippen molar-refractivity contribution in [3.05, 3.63) is 107 Å². The zero-order chi connectivity index (χ0) is 22.9. The second kappa shape index (κ2) is 11.7. The summed E-state index contributed by atoms with van der Waals surface area (Å²) < 4.78 is 0. The first-order chi connectivity index (χ1) is 15.6. The van der Waals surface area contributed by atoms with Crippen molar-refractivity contribution in [2.75, 3.05) is 20.2 Å². The Morgan fingerprint density at radius 3 is 2.69 bits per heavy atom. The largest absolute Gasteiger partial charge is 0.396 e. The summed E-state index contributed by atoms with van der Waals surface area (Å²) in [6.07, 6.45) is 28.2. The fourth-order valence-corrected chi connectivity index (χ4v) is 4.55. The summed E-state index contributed by atoms with van der Waals surface area (Å²) in [5, 5.41) is 9.26. The Kier molecular flexibility index (Phi) is 8.75. The molecule has 0 atom stereocenters. The van der Waals surface area contributed by atoms with Crippen LogP contribution in [0.4, 0.5) is 0 Å². The van der Waals surface area contributed by atoms with Gasteiger partial charge < -0.3 is 14.9 Å². The van der Waals surface area contributed by atoms with E-state index in [2.05, 4.69) is 98.0 Å². The van der Waals surface area contributed by atoms with Gasteiger partial charge in [-0.05, 0) is 75.3 Å². The van der Waals surface area contributed by atoms with Crippen LogP contribution in [0.1, 0.15) is 52.4 Å². The molecule has 170 valence electrons. The molecule has 3 nitrogen and oxygen atoms in total. The van der Waals surface area contributed by atoms with E-state index in [0.717, 1.165) is 50.8 Å². The van der Waals surface area contributed by atoms with Gasteiger partial charge in [-0.3, -0.25) is 0 Å². The topological polar surface area (TPSA) is 26.7 Å². The molecule has 0 saturated carbocycles. The molecule has 0 amide bonds. The van der Waals surface area contributed by atoms with Crippen molar-refractivity contribution in [1.29, 1.82) is 0 Å². The summed E-state index contributed by atoms with van der Waals surface area (Å²) in [5.74, 6) is 0. The van der Waals surface area contributed by atoms with Crippen molar-refractivity contribution in [3.8, 4) is 0 Å². The quantitative estimate of drug-likeness (QED) is 0.343. The highest BCUT2D eigenvalue weighted by Gasteiger charge is 2.23. The number of hydrogen-bond acceptors (Lipinski definition) is 3. The molecule has 0 saturated heterocycles. The Bertz CT molecular complexity index is 950. The highest BCUT2D eigenvalue weighted by atomic mass is 16.2. The Labute approximate surface area is 194 Å². The lowest BCUT2D eigenvalue weighted by Crippen LogP contribution is -2.25. The number of allylic oxidation sites excluding steroid dienone is 12. The molecule has 0 radical (unpaired) electrons. The lowest BCUT2D eigenvalue weighted by Gasteiger charge is -2.32. The maximum absolute atomic E-state index is 9.26. The maximum Gasteiger partial charge on any atom is 0.0484 e. The van der Waals surface area contributed by atoms with Gasteiger partial charge in [-0.2, -0.15) is 0 Å². The van der Waals surface area contributed by atoms with Crippen LogP contribution in [-0.4, -0.2) is 35.1 Å². The Hall–Kier alpha value is -2.78. The van der Waals surface area contributed by atoms with E-state index in [1.54, 1.807) is 0 Å². The monoisotopic (exact) mass is 430 g/mol. The number of aliphatic hydroxyl groups is 1. The van der Waals surface area contributed by atoms with Gasteiger partial charge in [-0.25, -0.2) is 0 Å². The van der Waals surface area contributed by atoms with E-state index in [4.69, 9.17) is 0 Å². The van der Waals surface area contributed by atoms with E-state index in [1.807, 2.05) is 0 Å². The van der Waals surface area contributed by atoms with Crippen LogP contribution in [0.25, 0.3) is 0 Å². The van der Waals surface area contributed by atoms with E-state index in [9.17, 15) is 5.11 Å². The molecule has 0 fully saturated rings. The smallest absolute Gasteiger partial charge is 0.0484 e.